The van der Waals surface area contributed by atoms with Gasteiger partial charge in [0.1, 0.15) is 0 Å². The van der Waals surface area contributed by atoms with E-state index >= 15 is 0 Å². The van der Waals surface area contributed by atoms with Crippen LogP contribution in [0.4, 0.5) is 0 Å². The van der Waals surface area contributed by atoms with Gasteiger partial charge in [0.05, 0.1) is 17.3 Å². The Kier molecular flexibility index (Phi) is 5.84. The Hall–Kier alpha value is -0.690. The smallest absolute Gasteiger partial charge is 0.253 e. The molecule has 0 bridgehead atoms. The van der Waals surface area contributed by atoms with E-state index in [4.69, 9.17) is 0 Å². The summed E-state index contributed by atoms with van der Waals surface area (Å²) >= 11 is 2.20. The lowest BCUT2D eigenvalue weighted by Crippen LogP contribution is -2.34. The molecule has 1 amide bonds. The number of nitrogens with zero attached hydrogens (tertiary/aromatic N) is 1. The second-order valence-electron chi connectivity index (χ2n) is 3.41. The van der Waals surface area contributed by atoms with Crippen molar-refractivity contribution in [2.24, 2.45) is 0 Å². The molecule has 1 aliphatic heterocycles. The quantitative estimate of drug-likeness (QED) is 0.474. The van der Waals surface area contributed by atoms with Crippen LogP contribution in [-0.2, 0) is 4.79 Å². The molecule has 0 radical (unpaired) electrons. The average molecular weight is 362 g/mol. The van der Waals surface area contributed by atoms with Crippen molar-refractivity contribution in [2.75, 3.05) is 6.54 Å². The zero-order valence-electron chi connectivity index (χ0n) is 9.65. The third kappa shape index (κ3) is 3.16. The zero-order chi connectivity index (χ0) is 12.8. The Morgan fingerprint density at radius 1 is 1.59 bits per heavy atom. The van der Waals surface area contributed by atoms with Crippen molar-refractivity contribution in [1.29, 1.82) is 0 Å². The Balaban J connectivity index is 3.31. The Labute approximate surface area is 118 Å². The molecular formula is C12H15IN2OS. The molecule has 1 heterocycles. The van der Waals surface area contributed by atoms with Crippen molar-refractivity contribution >= 4 is 36.2 Å². The number of nitrogens with one attached hydrogen (secondary N) is 1. The minimum absolute atomic E-state index is 0.0663. The molecule has 0 aliphatic carbocycles. The van der Waals surface area contributed by atoms with Crippen molar-refractivity contribution in [2.45, 2.75) is 13.0 Å². The fourth-order valence-electron chi connectivity index (χ4n) is 1.58. The van der Waals surface area contributed by atoms with E-state index in [0.717, 1.165) is 5.70 Å². The molecule has 1 rings (SSSR count). The zero-order valence-corrected chi connectivity index (χ0v) is 12.6. The molecule has 3 nitrogen and oxygen atoms in total. The average Bonchev–Trinajstić information content (AvgIpc) is 2.47. The molecule has 0 aromatic rings. The Bertz CT molecular complexity index is 390. The van der Waals surface area contributed by atoms with Crippen LogP contribution in [0.2, 0.25) is 0 Å². The van der Waals surface area contributed by atoms with Crippen LogP contribution in [0.3, 0.4) is 0 Å². The summed E-state index contributed by atoms with van der Waals surface area (Å²) in [5.41, 5.74) is 1.46. The topological polar surface area (TPSA) is 32.3 Å². The number of carbonyl (C=O) groups excluding carboxylic acids is 1. The lowest BCUT2D eigenvalue weighted by molar-refractivity contribution is -0.117. The molecule has 0 saturated carbocycles. The van der Waals surface area contributed by atoms with Gasteiger partial charge >= 0.3 is 0 Å². The van der Waals surface area contributed by atoms with Crippen molar-refractivity contribution in [3.05, 3.63) is 48.7 Å². The van der Waals surface area contributed by atoms with E-state index in [1.165, 1.54) is 9.12 Å². The van der Waals surface area contributed by atoms with Crippen LogP contribution < -0.4 is 5.32 Å². The van der Waals surface area contributed by atoms with Gasteiger partial charge in [-0.1, -0.05) is 24.8 Å². The second kappa shape index (κ2) is 6.90. The minimum atomic E-state index is -0.0715. The van der Waals surface area contributed by atoms with Crippen molar-refractivity contribution < 1.29 is 4.79 Å². The molecule has 0 aromatic carbocycles. The fraction of sp³-hybridized carbons (Fsp3) is 0.250. The molecule has 1 unspecified atom stereocenters. The van der Waals surface area contributed by atoms with Crippen molar-refractivity contribution in [3.63, 3.8) is 0 Å². The number of rotatable bonds is 4. The van der Waals surface area contributed by atoms with Crippen LogP contribution >= 0.6 is 30.3 Å². The van der Waals surface area contributed by atoms with Gasteiger partial charge in [0.15, 0.2) is 0 Å². The van der Waals surface area contributed by atoms with E-state index in [-0.39, 0.29) is 11.9 Å². The number of hydrogen-bond donors (Lipinski definition) is 1. The predicted octanol–water partition coefficient (Wildman–Crippen LogP) is 2.99. The summed E-state index contributed by atoms with van der Waals surface area (Å²) in [6.45, 7) is 10.0. The predicted molar refractivity (Wildman–Crippen MR) is 82.5 cm³/mol. The summed E-state index contributed by atoms with van der Waals surface area (Å²) in [6.07, 6.45) is 7.19. The summed E-state index contributed by atoms with van der Waals surface area (Å²) < 4.78 is 2.04. The minimum Gasteiger partial charge on any atom is -0.350 e. The van der Waals surface area contributed by atoms with E-state index in [0.29, 0.717) is 12.1 Å². The van der Waals surface area contributed by atoms with Gasteiger partial charge in [-0.3, -0.25) is 9.10 Å². The van der Waals surface area contributed by atoms with Gasteiger partial charge in [-0.15, -0.1) is 6.58 Å². The van der Waals surface area contributed by atoms with E-state index in [1.54, 1.807) is 12.2 Å². The summed E-state index contributed by atoms with van der Waals surface area (Å²) in [4.78, 5) is 12.0. The van der Waals surface area contributed by atoms with Crippen molar-refractivity contribution in [1.82, 2.24) is 9.62 Å². The Morgan fingerprint density at radius 2 is 2.29 bits per heavy atom. The highest BCUT2D eigenvalue weighted by Gasteiger charge is 2.26. The molecule has 0 saturated heterocycles. The van der Waals surface area contributed by atoms with Gasteiger partial charge in [-0.05, 0) is 13.0 Å². The van der Waals surface area contributed by atoms with Crippen LogP contribution in [0.5, 0.6) is 0 Å². The summed E-state index contributed by atoms with van der Waals surface area (Å²) in [5.74, 6) is -0.0715. The van der Waals surface area contributed by atoms with Crippen LogP contribution in [0.1, 0.15) is 6.92 Å². The van der Waals surface area contributed by atoms with Crippen molar-refractivity contribution in [3.8, 4) is 0 Å². The van der Waals surface area contributed by atoms with E-state index in [9.17, 15) is 4.79 Å². The molecular weight excluding hydrogens is 347 g/mol. The number of allylic oxidation sites excluding steroid dienone is 2. The number of carbonyl (C=O) groups is 1. The first-order valence-electron chi connectivity index (χ1n) is 5.17. The molecule has 1 aliphatic rings. The molecule has 0 aromatic heterocycles. The maximum absolute atomic E-state index is 12.0. The lowest BCUT2D eigenvalue weighted by Gasteiger charge is -2.27. The molecule has 17 heavy (non-hydrogen) atoms. The first-order valence-corrected chi connectivity index (χ1v) is 8.49. The van der Waals surface area contributed by atoms with Gasteiger partial charge in [0.25, 0.3) is 5.91 Å². The highest BCUT2D eigenvalue weighted by molar-refractivity contribution is 14.2. The number of amides is 1. The first-order chi connectivity index (χ1) is 8.19. The standard InChI is InChI=1S/C12H15IN2OS/c1-4-7-10-11(6-3)15(17-13)9(5-2)8-14-12(10)16/h4-7,9H,2-3,8H2,1H3,(H,14,16)/b7-4-. The maximum atomic E-state index is 12.0. The third-order valence-corrected chi connectivity index (χ3v) is 4.29. The lowest BCUT2D eigenvalue weighted by atomic mass is 10.1. The van der Waals surface area contributed by atoms with Crippen LogP contribution in [0.15, 0.2) is 48.7 Å². The van der Waals surface area contributed by atoms with Crippen LogP contribution in [-0.4, -0.2) is 22.8 Å². The second-order valence-corrected chi connectivity index (χ2v) is 5.12. The highest BCUT2D eigenvalue weighted by atomic mass is 127. The van der Waals surface area contributed by atoms with Crippen LogP contribution in [0, 0.1) is 0 Å². The summed E-state index contributed by atoms with van der Waals surface area (Å²) in [7, 11) is 1.53. The molecule has 92 valence electrons. The Morgan fingerprint density at radius 3 is 2.76 bits per heavy atom. The summed E-state index contributed by atoms with van der Waals surface area (Å²) in [5, 5.41) is 2.88. The SMILES string of the molecule is C=CC1=C(/C=C\C)C(=O)NCC(C=C)N1SI. The van der Waals surface area contributed by atoms with Gasteiger partial charge in [0, 0.05) is 36.9 Å². The van der Waals surface area contributed by atoms with Gasteiger partial charge in [-0.2, -0.15) is 0 Å². The number of halogens is 1. The van der Waals surface area contributed by atoms with E-state index in [1.807, 2.05) is 23.4 Å². The monoisotopic (exact) mass is 362 g/mol. The van der Waals surface area contributed by atoms with Gasteiger partial charge in [-0.25, -0.2) is 0 Å². The highest BCUT2D eigenvalue weighted by Crippen LogP contribution is 2.31. The van der Waals surface area contributed by atoms with Gasteiger partial charge < -0.3 is 5.32 Å². The molecule has 5 heteroatoms. The molecule has 1 atom stereocenters. The van der Waals surface area contributed by atoms with Crippen LogP contribution in [0.25, 0.3) is 0 Å². The largest absolute Gasteiger partial charge is 0.350 e. The van der Waals surface area contributed by atoms with Gasteiger partial charge in [0.2, 0.25) is 0 Å². The molecule has 0 fully saturated rings. The molecule has 0 spiro atoms. The fourth-order valence-corrected chi connectivity index (χ4v) is 3.61. The van der Waals surface area contributed by atoms with E-state index < -0.39 is 0 Å². The van der Waals surface area contributed by atoms with E-state index in [2.05, 4.69) is 39.7 Å². The first kappa shape index (κ1) is 14.4. The normalized spacial score (nSPS) is 21.4. The summed E-state index contributed by atoms with van der Waals surface area (Å²) in [6, 6.07) is 0.0663. The molecule has 1 N–H and O–H groups in total. The maximum Gasteiger partial charge on any atom is 0.253 e. The third-order valence-electron chi connectivity index (χ3n) is 2.40. The number of hydrogen-bond acceptors (Lipinski definition) is 3.